The molecule has 0 saturated carbocycles. The molecule has 2 amide bonds. The number of aldehydes is 1. The van der Waals surface area contributed by atoms with Gasteiger partial charge in [-0.25, -0.2) is 0 Å². The van der Waals surface area contributed by atoms with Crippen LogP contribution in [0.3, 0.4) is 0 Å². The van der Waals surface area contributed by atoms with E-state index in [0.717, 1.165) is 16.8 Å². The Labute approximate surface area is 111 Å². The molecule has 1 aromatic carbocycles. The van der Waals surface area contributed by atoms with Crippen LogP contribution in [0.15, 0.2) is 18.2 Å². The Balaban J connectivity index is 2.17. The van der Waals surface area contributed by atoms with E-state index in [-0.39, 0.29) is 17.6 Å². The Morgan fingerprint density at radius 3 is 2.89 bits per heavy atom. The van der Waals surface area contributed by atoms with Crippen molar-refractivity contribution in [2.45, 2.75) is 25.7 Å². The van der Waals surface area contributed by atoms with Crippen LogP contribution in [0.5, 0.6) is 0 Å². The number of hydrogen-bond acceptors (Lipinski definition) is 3. The molecule has 5 nitrogen and oxygen atoms in total. The zero-order chi connectivity index (χ0) is 14.0. The van der Waals surface area contributed by atoms with Gasteiger partial charge in [0.25, 0.3) is 5.91 Å². The zero-order valence-electron chi connectivity index (χ0n) is 10.9. The molecule has 5 heteroatoms. The van der Waals surface area contributed by atoms with E-state index in [9.17, 15) is 14.4 Å². The second-order valence-corrected chi connectivity index (χ2v) is 5.32. The summed E-state index contributed by atoms with van der Waals surface area (Å²) in [6.45, 7) is 4.32. The van der Waals surface area contributed by atoms with Crippen molar-refractivity contribution in [3.63, 3.8) is 0 Å². The minimum Gasteiger partial charge on any atom is -0.349 e. The Hall–Kier alpha value is -2.17. The van der Waals surface area contributed by atoms with E-state index < -0.39 is 5.91 Å². The quantitative estimate of drug-likeness (QED) is 0.620. The van der Waals surface area contributed by atoms with Crippen LogP contribution in [0.1, 0.15) is 25.0 Å². The summed E-state index contributed by atoms with van der Waals surface area (Å²) in [7, 11) is 0. The van der Waals surface area contributed by atoms with Crippen molar-refractivity contribution in [1.82, 2.24) is 5.32 Å². The fraction of sp³-hybridized carbons (Fsp3) is 0.357. The van der Waals surface area contributed by atoms with E-state index in [1.807, 2.05) is 32.0 Å². The van der Waals surface area contributed by atoms with E-state index in [2.05, 4.69) is 10.6 Å². The second kappa shape index (κ2) is 4.84. The highest BCUT2D eigenvalue weighted by atomic mass is 16.2. The number of rotatable bonds is 4. The second-order valence-electron chi connectivity index (χ2n) is 5.32. The third-order valence-corrected chi connectivity index (χ3v) is 3.32. The van der Waals surface area contributed by atoms with Crippen molar-refractivity contribution in [2.75, 3.05) is 11.9 Å². The molecule has 0 radical (unpaired) electrons. The van der Waals surface area contributed by atoms with E-state index in [0.29, 0.717) is 13.0 Å². The number of hydrogen-bond donors (Lipinski definition) is 2. The lowest BCUT2D eigenvalue weighted by atomic mass is 9.83. The highest BCUT2D eigenvalue weighted by Crippen LogP contribution is 2.29. The molecule has 0 saturated heterocycles. The molecule has 0 bridgehead atoms. The highest BCUT2D eigenvalue weighted by Gasteiger charge is 2.25. The van der Waals surface area contributed by atoms with Gasteiger partial charge in [0.1, 0.15) is 0 Å². The van der Waals surface area contributed by atoms with Gasteiger partial charge >= 0.3 is 0 Å². The molecule has 100 valence electrons. The normalized spacial score (nSPS) is 13.7. The maximum absolute atomic E-state index is 11.3. The molecule has 2 N–H and O–H groups in total. The van der Waals surface area contributed by atoms with Crippen molar-refractivity contribution in [1.29, 1.82) is 0 Å². The summed E-state index contributed by atoms with van der Waals surface area (Å²) in [5, 5.41) is 5.34. The number of carbonyl (C=O) groups excluding carboxylic acids is 3. The number of nitrogens with one attached hydrogen (secondary N) is 2. The average Bonchev–Trinajstić information content (AvgIpc) is 2.74. The van der Waals surface area contributed by atoms with Gasteiger partial charge in [0, 0.05) is 17.6 Å². The highest BCUT2D eigenvalue weighted by molar-refractivity contribution is 6.23. The molecular formula is C14H16N2O3. The Kier molecular flexibility index (Phi) is 3.38. The topological polar surface area (TPSA) is 75.3 Å². The summed E-state index contributed by atoms with van der Waals surface area (Å²) in [4.78, 5) is 32.6. The van der Waals surface area contributed by atoms with Gasteiger partial charge in [-0.2, -0.15) is 0 Å². The molecule has 1 heterocycles. The van der Waals surface area contributed by atoms with Gasteiger partial charge in [-0.05, 0) is 17.2 Å². The molecule has 0 fully saturated rings. The molecule has 19 heavy (non-hydrogen) atoms. The molecule has 0 aliphatic carbocycles. The fourth-order valence-corrected chi connectivity index (χ4v) is 2.10. The standard InChI is InChI=1S/C14H16N2O3/c1-14(2,8-15-13(19)7-17)10-3-4-11-9(5-10)6-12(18)16-11/h3-5,7H,6,8H2,1-2H3,(H,15,19)(H,16,18). The third kappa shape index (κ3) is 2.81. The lowest BCUT2D eigenvalue weighted by molar-refractivity contribution is -0.131. The van der Waals surface area contributed by atoms with Crippen LogP contribution in [0.4, 0.5) is 5.69 Å². The van der Waals surface area contributed by atoms with Gasteiger partial charge in [-0.15, -0.1) is 0 Å². The average molecular weight is 260 g/mol. The maximum Gasteiger partial charge on any atom is 0.284 e. The Morgan fingerprint density at radius 2 is 2.21 bits per heavy atom. The summed E-state index contributed by atoms with van der Waals surface area (Å²) < 4.78 is 0. The number of benzene rings is 1. The van der Waals surface area contributed by atoms with Crippen molar-refractivity contribution in [3.8, 4) is 0 Å². The Morgan fingerprint density at radius 1 is 1.47 bits per heavy atom. The molecule has 0 atom stereocenters. The van der Waals surface area contributed by atoms with Gasteiger partial charge in [0.2, 0.25) is 12.2 Å². The number of fused-ring (bicyclic) bond motifs is 1. The minimum atomic E-state index is -0.619. The van der Waals surface area contributed by atoms with Crippen molar-refractivity contribution in [2.24, 2.45) is 0 Å². The van der Waals surface area contributed by atoms with Crippen LogP contribution in [0.25, 0.3) is 0 Å². The smallest absolute Gasteiger partial charge is 0.284 e. The lowest BCUT2D eigenvalue weighted by Crippen LogP contribution is -2.37. The molecule has 1 aliphatic heterocycles. The van der Waals surface area contributed by atoms with Gasteiger partial charge in [0.05, 0.1) is 6.42 Å². The predicted molar refractivity (Wildman–Crippen MR) is 70.9 cm³/mol. The largest absolute Gasteiger partial charge is 0.349 e. The minimum absolute atomic E-state index is 0.000728. The first-order valence-corrected chi connectivity index (χ1v) is 6.08. The first-order chi connectivity index (χ1) is 8.92. The number of amides is 2. The van der Waals surface area contributed by atoms with E-state index >= 15 is 0 Å². The van der Waals surface area contributed by atoms with Crippen LogP contribution in [-0.4, -0.2) is 24.6 Å². The van der Waals surface area contributed by atoms with Crippen LogP contribution >= 0.6 is 0 Å². The number of carbonyl (C=O) groups is 3. The predicted octanol–water partition coefficient (Wildman–Crippen LogP) is 0.774. The molecule has 0 unspecified atom stereocenters. The van der Waals surface area contributed by atoms with Gasteiger partial charge < -0.3 is 10.6 Å². The number of anilines is 1. The van der Waals surface area contributed by atoms with Crippen LogP contribution in [0.2, 0.25) is 0 Å². The maximum atomic E-state index is 11.3. The fourth-order valence-electron chi connectivity index (χ4n) is 2.10. The summed E-state index contributed by atoms with van der Waals surface area (Å²) in [5.74, 6) is -0.620. The van der Waals surface area contributed by atoms with E-state index in [1.54, 1.807) is 0 Å². The van der Waals surface area contributed by atoms with E-state index in [4.69, 9.17) is 0 Å². The summed E-state index contributed by atoms with van der Waals surface area (Å²) in [6.07, 6.45) is 0.654. The molecule has 0 spiro atoms. The molecule has 1 aromatic rings. The summed E-state index contributed by atoms with van der Waals surface area (Å²) >= 11 is 0. The van der Waals surface area contributed by atoms with Gasteiger partial charge in [0.15, 0.2) is 0 Å². The summed E-state index contributed by atoms with van der Waals surface area (Å²) in [5.41, 5.74) is 2.53. The SMILES string of the molecule is CC(C)(CNC(=O)C=O)c1ccc2c(c1)CC(=O)N2. The van der Waals surface area contributed by atoms with E-state index in [1.165, 1.54) is 0 Å². The van der Waals surface area contributed by atoms with Gasteiger partial charge in [-0.3, -0.25) is 14.4 Å². The lowest BCUT2D eigenvalue weighted by Gasteiger charge is -2.25. The molecule has 0 aromatic heterocycles. The third-order valence-electron chi connectivity index (χ3n) is 3.32. The van der Waals surface area contributed by atoms with Gasteiger partial charge in [-0.1, -0.05) is 26.0 Å². The molecule has 1 aliphatic rings. The van der Waals surface area contributed by atoms with Crippen molar-refractivity contribution < 1.29 is 14.4 Å². The van der Waals surface area contributed by atoms with Crippen LogP contribution in [0, 0.1) is 0 Å². The first-order valence-electron chi connectivity index (χ1n) is 6.08. The zero-order valence-corrected chi connectivity index (χ0v) is 10.9. The van der Waals surface area contributed by atoms with Crippen molar-refractivity contribution >= 4 is 23.8 Å². The summed E-state index contributed by atoms with van der Waals surface area (Å²) in [6, 6.07) is 5.77. The molecular weight excluding hydrogens is 244 g/mol. The molecule has 2 rings (SSSR count). The van der Waals surface area contributed by atoms with Crippen LogP contribution in [-0.2, 0) is 26.2 Å². The van der Waals surface area contributed by atoms with Crippen LogP contribution < -0.4 is 10.6 Å². The monoisotopic (exact) mass is 260 g/mol. The Bertz CT molecular complexity index is 550. The van der Waals surface area contributed by atoms with Crippen molar-refractivity contribution in [3.05, 3.63) is 29.3 Å². The first kappa shape index (κ1) is 13.3.